The van der Waals surface area contributed by atoms with Crippen LogP contribution in [0, 0.1) is 0 Å². The van der Waals surface area contributed by atoms with Gasteiger partial charge in [-0.05, 0) is 13.8 Å². The van der Waals surface area contributed by atoms with E-state index in [1.54, 1.807) is 0 Å². The van der Waals surface area contributed by atoms with Crippen LogP contribution in [0.1, 0.15) is 13.8 Å². The lowest BCUT2D eigenvalue weighted by Gasteiger charge is -2.22. The molecular formula is C7H12N2. The quantitative estimate of drug-likeness (QED) is 0.474. The maximum absolute atomic E-state index is 4.16. The van der Waals surface area contributed by atoms with Crippen molar-refractivity contribution in [1.29, 1.82) is 0 Å². The first kappa shape index (κ1) is 6.33. The molecule has 1 atom stereocenters. The molecule has 0 N–H and O–H groups in total. The third kappa shape index (κ3) is 1.31. The van der Waals surface area contributed by atoms with Gasteiger partial charge < -0.3 is 4.90 Å². The molecule has 0 saturated heterocycles. The summed E-state index contributed by atoms with van der Waals surface area (Å²) in [5.74, 6) is 0. The van der Waals surface area contributed by atoms with E-state index in [1.807, 2.05) is 19.3 Å². The summed E-state index contributed by atoms with van der Waals surface area (Å²) < 4.78 is 0. The second kappa shape index (κ2) is 2.21. The molecule has 0 radical (unpaired) electrons. The summed E-state index contributed by atoms with van der Waals surface area (Å²) in [6, 6.07) is 0.452. The Morgan fingerprint density at radius 2 is 2.33 bits per heavy atom. The van der Waals surface area contributed by atoms with Gasteiger partial charge in [-0.3, -0.25) is 4.99 Å². The zero-order valence-corrected chi connectivity index (χ0v) is 6.13. The molecule has 1 rings (SSSR count). The minimum atomic E-state index is 0.452. The molecule has 0 aromatic rings. The van der Waals surface area contributed by atoms with E-state index < -0.39 is 0 Å². The Morgan fingerprint density at radius 3 is 2.78 bits per heavy atom. The first-order valence-corrected chi connectivity index (χ1v) is 3.14. The van der Waals surface area contributed by atoms with Gasteiger partial charge in [-0.25, -0.2) is 0 Å². The van der Waals surface area contributed by atoms with Gasteiger partial charge in [-0.2, -0.15) is 0 Å². The zero-order chi connectivity index (χ0) is 6.85. The van der Waals surface area contributed by atoms with E-state index in [2.05, 4.69) is 23.9 Å². The average molecular weight is 124 g/mol. The Balaban J connectivity index is 2.70. The van der Waals surface area contributed by atoms with Crippen LogP contribution in [0.2, 0.25) is 0 Å². The van der Waals surface area contributed by atoms with Crippen molar-refractivity contribution in [2.45, 2.75) is 19.9 Å². The molecule has 1 aliphatic rings. The summed E-state index contributed by atoms with van der Waals surface area (Å²) in [7, 11) is 2.05. The third-order valence-corrected chi connectivity index (χ3v) is 1.53. The second-order valence-corrected chi connectivity index (χ2v) is 2.45. The van der Waals surface area contributed by atoms with Gasteiger partial charge in [0.1, 0.15) is 0 Å². The molecule has 0 bridgehead atoms. The molecule has 2 nitrogen and oxygen atoms in total. The Morgan fingerprint density at radius 1 is 1.67 bits per heavy atom. The molecule has 1 aliphatic heterocycles. The molecule has 1 unspecified atom stereocenters. The van der Waals surface area contributed by atoms with E-state index in [9.17, 15) is 0 Å². The Kier molecular flexibility index (Phi) is 1.56. The van der Waals surface area contributed by atoms with Gasteiger partial charge in [-0.1, -0.05) is 0 Å². The van der Waals surface area contributed by atoms with Gasteiger partial charge in [-0.15, -0.1) is 0 Å². The van der Waals surface area contributed by atoms with Gasteiger partial charge in [0.2, 0.25) is 0 Å². The van der Waals surface area contributed by atoms with E-state index in [4.69, 9.17) is 0 Å². The van der Waals surface area contributed by atoms with E-state index in [-0.39, 0.29) is 0 Å². The normalized spacial score (nSPS) is 26.3. The molecule has 0 amide bonds. The molecule has 50 valence electrons. The lowest BCUT2D eigenvalue weighted by atomic mass is 10.3. The van der Waals surface area contributed by atoms with Gasteiger partial charge in [0, 0.05) is 19.5 Å². The van der Waals surface area contributed by atoms with Crippen molar-refractivity contribution in [1.82, 2.24) is 4.90 Å². The number of rotatable bonds is 0. The van der Waals surface area contributed by atoms with E-state index in [0.717, 1.165) is 5.70 Å². The Bertz CT molecular complexity index is 158. The molecule has 2 heteroatoms. The first-order chi connectivity index (χ1) is 4.20. The summed E-state index contributed by atoms with van der Waals surface area (Å²) in [4.78, 5) is 6.30. The van der Waals surface area contributed by atoms with Gasteiger partial charge in [0.15, 0.2) is 0 Å². The van der Waals surface area contributed by atoms with Crippen molar-refractivity contribution < 1.29 is 0 Å². The number of aliphatic imine (C=N–C) groups is 1. The highest BCUT2D eigenvalue weighted by molar-refractivity contribution is 5.66. The summed E-state index contributed by atoms with van der Waals surface area (Å²) in [5.41, 5.74) is 1.08. The Labute approximate surface area is 55.9 Å². The van der Waals surface area contributed by atoms with Crippen molar-refractivity contribution in [3.63, 3.8) is 0 Å². The highest BCUT2D eigenvalue weighted by atomic mass is 15.1. The monoisotopic (exact) mass is 124 g/mol. The lowest BCUT2D eigenvalue weighted by Crippen LogP contribution is -2.27. The molecule has 0 aromatic carbocycles. The summed E-state index contributed by atoms with van der Waals surface area (Å²) in [5, 5.41) is 0. The predicted molar refractivity (Wildman–Crippen MR) is 39.5 cm³/mol. The van der Waals surface area contributed by atoms with Gasteiger partial charge in [0.25, 0.3) is 0 Å². The van der Waals surface area contributed by atoms with Crippen molar-refractivity contribution >= 4 is 6.21 Å². The minimum Gasteiger partial charge on any atom is -0.371 e. The average Bonchev–Trinajstić information content (AvgIpc) is 1.80. The fourth-order valence-electron chi connectivity index (χ4n) is 0.776. The van der Waals surface area contributed by atoms with E-state index in [0.29, 0.717) is 6.04 Å². The fourth-order valence-corrected chi connectivity index (χ4v) is 0.776. The van der Waals surface area contributed by atoms with Gasteiger partial charge >= 0.3 is 0 Å². The molecule has 0 spiro atoms. The SMILES string of the molecule is CC1=CN(C)C(C)C=N1. The highest BCUT2D eigenvalue weighted by Crippen LogP contribution is 2.05. The zero-order valence-electron chi connectivity index (χ0n) is 6.13. The highest BCUT2D eigenvalue weighted by Gasteiger charge is 2.05. The van der Waals surface area contributed by atoms with Crippen LogP contribution >= 0.6 is 0 Å². The fraction of sp³-hybridized carbons (Fsp3) is 0.571. The predicted octanol–water partition coefficient (Wildman–Crippen LogP) is 1.25. The lowest BCUT2D eigenvalue weighted by molar-refractivity contribution is 0.422. The number of hydrogen-bond acceptors (Lipinski definition) is 2. The maximum atomic E-state index is 4.16. The van der Waals surface area contributed by atoms with Crippen LogP contribution in [0.15, 0.2) is 16.9 Å². The van der Waals surface area contributed by atoms with Gasteiger partial charge in [0.05, 0.1) is 11.7 Å². The summed E-state index contributed by atoms with van der Waals surface area (Å²) >= 11 is 0. The molecule has 1 heterocycles. The topological polar surface area (TPSA) is 15.6 Å². The van der Waals surface area contributed by atoms with Crippen LogP contribution in [0.25, 0.3) is 0 Å². The van der Waals surface area contributed by atoms with Crippen molar-refractivity contribution in [2.24, 2.45) is 4.99 Å². The van der Waals surface area contributed by atoms with Crippen molar-refractivity contribution in [3.8, 4) is 0 Å². The molecule has 0 fully saturated rings. The summed E-state index contributed by atoms with van der Waals surface area (Å²) in [6.45, 7) is 4.12. The smallest absolute Gasteiger partial charge is 0.0608 e. The van der Waals surface area contributed by atoms with Crippen LogP contribution in [-0.4, -0.2) is 24.2 Å². The van der Waals surface area contributed by atoms with Crippen LogP contribution in [0.4, 0.5) is 0 Å². The molecule has 0 aromatic heterocycles. The molecule has 0 aliphatic carbocycles. The van der Waals surface area contributed by atoms with Crippen molar-refractivity contribution in [3.05, 3.63) is 11.9 Å². The molecule has 0 saturated carbocycles. The minimum absolute atomic E-state index is 0.452. The van der Waals surface area contributed by atoms with Crippen LogP contribution < -0.4 is 0 Å². The van der Waals surface area contributed by atoms with E-state index >= 15 is 0 Å². The van der Waals surface area contributed by atoms with Crippen LogP contribution in [-0.2, 0) is 0 Å². The standard InChI is InChI=1S/C7H12N2/c1-6-5-9(3)7(2)4-8-6/h4-5,7H,1-3H3. The number of hydrogen-bond donors (Lipinski definition) is 0. The maximum Gasteiger partial charge on any atom is 0.0608 e. The number of nitrogens with zero attached hydrogens (tertiary/aromatic N) is 2. The third-order valence-electron chi connectivity index (χ3n) is 1.53. The largest absolute Gasteiger partial charge is 0.371 e. The van der Waals surface area contributed by atoms with Crippen LogP contribution in [0.3, 0.4) is 0 Å². The Hall–Kier alpha value is -0.790. The van der Waals surface area contributed by atoms with E-state index in [1.165, 1.54) is 0 Å². The number of allylic oxidation sites excluding steroid dienone is 1. The second-order valence-electron chi connectivity index (χ2n) is 2.45. The first-order valence-electron chi connectivity index (χ1n) is 3.14. The molecular weight excluding hydrogens is 112 g/mol. The van der Waals surface area contributed by atoms with Crippen LogP contribution in [0.5, 0.6) is 0 Å². The molecule has 9 heavy (non-hydrogen) atoms. The summed E-state index contributed by atoms with van der Waals surface area (Å²) in [6.07, 6.45) is 4.00. The van der Waals surface area contributed by atoms with Crippen molar-refractivity contribution in [2.75, 3.05) is 7.05 Å².